The molecule has 0 radical (unpaired) electrons. The molecule has 1 heterocycles. The van der Waals surface area contributed by atoms with Crippen molar-refractivity contribution in [2.45, 2.75) is 6.92 Å². The molecule has 0 saturated carbocycles. The first-order valence-electron chi connectivity index (χ1n) is 7.48. The van der Waals surface area contributed by atoms with Crippen LogP contribution in [0.3, 0.4) is 0 Å². The van der Waals surface area contributed by atoms with Gasteiger partial charge in [-0.15, -0.1) is 0 Å². The normalized spacial score (nSPS) is 11.2. The van der Waals surface area contributed by atoms with E-state index in [2.05, 4.69) is 15.3 Å². The van der Waals surface area contributed by atoms with Gasteiger partial charge in [-0.1, -0.05) is 29.3 Å². The Hall–Kier alpha value is -2.15. The number of benzene rings is 2. The minimum atomic E-state index is 0.389. The van der Waals surface area contributed by atoms with Crippen molar-refractivity contribution in [3.05, 3.63) is 62.8 Å². The summed E-state index contributed by atoms with van der Waals surface area (Å²) < 4.78 is 7.39. The second-order valence-electron chi connectivity index (χ2n) is 5.04. The third-order valence-corrected chi connectivity index (χ3v) is 4.34. The highest BCUT2D eigenvalue weighted by atomic mass is 35.5. The van der Waals surface area contributed by atoms with Crippen LogP contribution in [-0.2, 0) is 0 Å². The maximum absolute atomic E-state index is 6.02. The summed E-state index contributed by atoms with van der Waals surface area (Å²) in [5, 5.41) is 12.4. The highest BCUT2D eigenvalue weighted by Gasteiger charge is 2.08. The lowest BCUT2D eigenvalue weighted by atomic mass is 10.2. The number of ether oxygens (including phenoxy) is 1. The molecular weight excluding hydrogens is 379 g/mol. The van der Waals surface area contributed by atoms with Gasteiger partial charge in [0.1, 0.15) is 5.75 Å². The van der Waals surface area contributed by atoms with Gasteiger partial charge in [-0.25, -0.2) is 5.10 Å². The van der Waals surface area contributed by atoms with Crippen molar-refractivity contribution in [1.29, 1.82) is 0 Å². The van der Waals surface area contributed by atoms with E-state index in [0.717, 1.165) is 16.9 Å². The van der Waals surface area contributed by atoms with Gasteiger partial charge >= 0.3 is 0 Å². The van der Waals surface area contributed by atoms with E-state index in [-0.39, 0.29) is 0 Å². The van der Waals surface area contributed by atoms with Crippen LogP contribution >= 0.6 is 35.4 Å². The van der Waals surface area contributed by atoms with Crippen molar-refractivity contribution in [2.75, 3.05) is 6.61 Å². The highest BCUT2D eigenvalue weighted by molar-refractivity contribution is 7.71. The van der Waals surface area contributed by atoms with Crippen LogP contribution < -0.4 is 4.74 Å². The fraction of sp³-hybridized carbons (Fsp3) is 0.118. The van der Waals surface area contributed by atoms with Crippen molar-refractivity contribution in [1.82, 2.24) is 14.9 Å². The van der Waals surface area contributed by atoms with Gasteiger partial charge in [0.25, 0.3) is 0 Å². The zero-order chi connectivity index (χ0) is 17.8. The van der Waals surface area contributed by atoms with E-state index >= 15 is 0 Å². The van der Waals surface area contributed by atoms with E-state index in [0.29, 0.717) is 27.2 Å². The molecule has 1 aromatic heterocycles. The largest absolute Gasteiger partial charge is 0.494 e. The molecule has 0 aliphatic rings. The number of halogens is 2. The fourth-order valence-electron chi connectivity index (χ4n) is 2.17. The van der Waals surface area contributed by atoms with E-state index < -0.39 is 0 Å². The smallest absolute Gasteiger partial charge is 0.216 e. The third kappa shape index (κ3) is 4.10. The fourth-order valence-corrected chi connectivity index (χ4v) is 2.66. The van der Waals surface area contributed by atoms with Crippen LogP contribution in [0.1, 0.15) is 12.5 Å². The second kappa shape index (κ2) is 7.82. The quantitative estimate of drug-likeness (QED) is 0.479. The second-order valence-corrected chi connectivity index (χ2v) is 6.24. The standard InChI is InChI=1S/C17H14Cl2N4OS/c1-2-24-13-6-4-12(5-7-13)16-21-22-17(25)23(16)20-10-11-3-8-14(18)15(19)9-11/h3-10H,2H2,1H3,(H,22,25)/b20-10-. The number of nitrogens with one attached hydrogen (secondary N) is 1. The molecule has 0 amide bonds. The topological polar surface area (TPSA) is 55.2 Å². The zero-order valence-electron chi connectivity index (χ0n) is 13.2. The van der Waals surface area contributed by atoms with Crippen molar-refractivity contribution >= 4 is 41.6 Å². The average molecular weight is 393 g/mol. The number of aromatic amines is 1. The molecule has 0 aliphatic heterocycles. The summed E-state index contributed by atoms with van der Waals surface area (Å²) in [5.41, 5.74) is 1.66. The van der Waals surface area contributed by atoms with Gasteiger partial charge < -0.3 is 4.74 Å². The Morgan fingerprint density at radius 2 is 1.96 bits per heavy atom. The summed E-state index contributed by atoms with van der Waals surface area (Å²) in [6.45, 7) is 2.56. The van der Waals surface area contributed by atoms with Crippen LogP contribution in [0.5, 0.6) is 5.75 Å². The summed E-state index contributed by atoms with van der Waals surface area (Å²) in [5.74, 6) is 1.40. The predicted molar refractivity (Wildman–Crippen MR) is 103 cm³/mol. The van der Waals surface area contributed by atoms with Gasteiger partial charge in [-0.2, -0.15) is 14.9 Å². The Morgan fingerprint density at radius 3 is 2.64 bits per heavy atom. The monoisotopic (exact) mass is 392 g/mol. The Bertz CT molecular complexity index is 964. The molecule has 0 saturated heterocycles. The molecule has 2 aromatic carbocycles. The van der Waals surface area contributed by atoms with Crippen molar-refractivity contribution < 1.29 is 4.74 Å². The average Bonchev–Trinajstić information content (AvgIpc) is 2.98. The lowest BCUT2D eigenvalue weighted by Crippen LogP contribution is -1.96. The van der Waals surface area contributed by atoms with E-state index in [1.807, 2.05) is 37.3 Å². The molecule has 0 atom stereocenters. The van der Waals surface area contributed by atoms with Crippen molar-refractivity contribution in [2.24, 2.45) is 5.10 Å². The molecule has 5 nitrogen and oxygen atoms in total. The third-order valence-electron chi connectivity index (χ3n) is 3.34. The zero-order valence-corrected chi connectivity index (χ0v) is 15.6. The number of aromatic nitrogens is 3. The van der Waals surface area contributed by atoms with E-state index in [1.165, 1.54) is 0 Å². The summed E-state index contributed by atoms with van der Waals surface area (Å²) in [4.78, 5) is 0. The Kier molecular flexibility index (Phi) is 5.53. The maximum atomic E-state index is 6.02. The molecular formula is C17H14Cl2N4OS. The van der Waals surface area contributed by atoms with Crippen LogP contribution in [0, 0.1) is 4.77 Å². The van der Waals surface area contributed by atoms with Gasteiger partial charge in [-0.05, 0) is 61.1 Å². The first-order valence-corrected chi connectivity index (χ1v) is 8.65. The van der Waals surface area contributed by atoms with Gasteiger partial charge in [0.2, 0.25) is 4.77 Å². The van der Waals surface area contributed by atoms with Crippen LogP contribution in [0.25, 0.3) is 11.4 Å². The summed E-state index contributed by atoms with van der Waals surface area (Å²) >= 11 is 17.2. The molecule has 3 aromatic rings. The van der Waals surface area contributed by atoms with E-state index in [4.69, 9.17) is 40.2 Å². The first-order chi connectivity index (χ1) is 12.1. The first kappa shape index (κ1) is 17.7. The Balaban J connectivity index is 1.92. The molecule has 0 spiro atoms. The minimum absolute atomic E-state index is 0.389. The van der Waals surface area contributed by atoms with Crippen LogP contribution in [0.2, 0.25) is 10.0 Å². The molecule has 1 N–H and O–H groups in total. The van der Waals surface area contributed by atoms with Crippen LogP contribution in [0.4, 0.5) is 0 Å². The predicted octanol–water partition coefficient (Wildman–Crippen LogP) is 5.20. The van der Waals surface area contributed by atoms with E-state index in [1.54, 1.807) is 23.0 Å². The molecule has 128 valence electrons. The molecule has 0 bridgehead atoms. The number of hydrogen-bond acceptors (Lipinski definition) is 4. The molecule has 8 heteroatoms. The molecule has 3 rings (SSSR count). The lowest BCUT2D eigenvalue weighted by molar-refractivity contribution is 0.340. The summed E-state index contributed by atoms with van der Waals surface area (Å²) in [6.07, 6.45) is 1.64. The van der Waals surface area contributed by atoms with Gasteiger partial charge in [-0.3, -0.25) is 0 Å². The van der Waals surface area contributed by atoms with Crippen LogP contribution in [-0.4, -0.2) is 27.7 Å². The number of hydrogen-bond donors (Lipinski definition) is 1. The number of H-pyrrole nitrogens is 1. The van der Waals surface area contributed by atoms with Crippen molar-refractivity contribution in [3.8, 4) is 17.1 Å². The lowest BCUT2D eigenvalue weighted by Gasteiger charge is -2.04. The minimum Gasteiger partial charge on any atom is -0.494 e. The van der Waals surface area contributed by atoms with Crippen LogP contribution in [0.15, 0.2) is 47.6 Å². The number of nitrogens with zero attached hydrogens (tertiary/aromatic N) is 3. The maximum Gasteiger partial charge on any atom is 0.216 e. The number of rotatable bonds is 5. The Labute approximate surface area is 159 Å². The summed E-state index contributed by atoms with van der Waals surface area (Å²) in [6, 6.07) is 12.8. The molecule has 0 aliphatic carbocycles. The van der Waals surface area contributed by atoms with Gasteiger partial charge in [0.15, 0.2) is 5.82 Å². The van der Waals surface area contributed by atoms with E-state index in [9.17, 15) is 0 Å². The van der Waals surface area contributed by atoms with Crippen molar-refractivity contribution in [3.63, 3.8) is 0 Å². The molecule has 0 unspecified atom stereocenters. The SMILES string of the molecule is CCOc1ccc(-c2n[nH]c(=S)n2/N=C\c2ccc(Cl)c(Cl)c2)cc1. The highest BCUT2D eigenvalue weighted by Crippen LogP contribution is 2.23. The van der Waals surface area contributed by atoms with Gasteiger partial charge in [0, 0.05) is 5.56 Å². The van der Waals surface area contributed by atoms with Gasteiger partial charge in [0.05, 0.1) is 22.9 Å². The molecule has 25 heavy (non-hydrogen) atoms. The summed E-state index contributed by atoms with van der Waals surface area (Å²) in [7, 11) is 0. The Morgan fingerprint density at radius 1 is 1.20 bits per heavy atom. The molecule has 0 fully saturated rings.